The number of alkyl halides is 2. The Hall–Kier alpha value is -4.10. The second kappa shape index (κ2) is 9.99. The number of aromatic nitrogens is 1. The van der Waals surface area contributed by atoms with Crippen molar-refractivity contribution in [3.05, 3.63) is 79.2 Å². The average Bonchev–Trinajstić information content (AvgIpc) is 3.50. The van der Waals surface area contributed by atoms with E-state index < -0.39 is 28.9 Å². The number of halogens is 3. The van der Waals surface area contributed by atoms with Crippen LogP contribution in [-0.4, -0.2) is 21.7 Å². The van der Waals surface area contributed by atoms with E-state index in [4.69, 9.17) is 26.5 Å². The number of anilines is 1. The summed E-state index contributed by atoms with van der Waals surface area (Å²) in [5.74, 6) is -1.41. The number of amides is 2. The van der Waals surface area contributed by atoms with Crippen LogP contribution in [0.2, 0.25) is 5.02 Å². The van der Waals surface area contributed by atoms with Crippen LogP contribution in [0.4, 0.5) is 20.2 Å². The number of thiophene rings is 1. The highest BCUT2D eigenvalue weighted by Gasteiger charge is 2.32. The zero-order valence-corrected chi connectivity index (χ0v) is 20.8. The van der Waals surface area contributed by atoms with Crippen LogP contribution < -0.4 is 15.8 Å². The predicted octanol–water partition coefficient (Wildman–Crippen LogP) is 6.20. The second-order valence-corrected chi connectivity index (χ2v) is 9.85. The summed E-state index contributed by atoms with van der Waals surface area (Å²) in [6.45, 7) is -0.186. The van der Waals surface area contributed by atoms with Crippen molar-refractivity contribution in [3.63, 3.8) is 0 Å². The number of pyridine rings is 1. The summed E-state index contributed by atoms with van der Waals surface area (Å²) < 4.78 is 37.9. The standard InChI is InChI=1S/C24H17ClF2N4O6S/c25-14-5-3-11(31(34)35)7-17(14)36-9-12-4-6-16(37-12)23(33)30-19-18-13(10-1-2-10)8-15(21(26)27)29-24(18)38-20(19)22(28)32/h3-8,10,21H,1-2,9H2,(H2,28,32)(H,30,33). The maximum Gasteiger partial charge on any atom is 0.291 e. The van der Waals surface area contributed by atoms with Crippen LogP contribution in [-0.2, 0) is 6.61 Å². The molecule has 14 heteroatoms. The van der Waals surface area contributed by atoms with Gasteiger partial charge in [0.1, 0.15) is 33.5 Å². The number of nitrogens with zero attached hydrogens (tertiary/aromatic N) is 2. The molecule has 0 radical (unpaired) electrons. The minimum Gasteiger partial charge on any atom is -0.484 e. The zero-order chi connectivity index (χ0) is 27.1. The number of nitrogens with one attached hydrogen (secondary N) is 1. The number of nitro groups is 1. The molecular formula is C24H17ClF2N4O6S. The first-order valence-corrected chi connectivity index (χ1v) is 12.3. The number of fused-ring (bicyclic) bond motifs is 1. The van der Waals surface area contributed by atoms with Crippen molar-refractivity contribution in [2.75, 3.05) is 5.32 Å². The van der Waals surface area contributed by atoms with Crippen LogP contribution in [0.25, 0.3) is 10.2 Å². The maximum absolute atomic E-state index is 13.4. The van der Waals surface area contributed by atoms with Crippen LogP contribution in [0, 0.1) is 10.1 Å². The first-order chi connectivity index (χ1) is 18.1. The molecule has 1 aliphatic rings. The third-order valence-corrected chi connectivity index (χ3v) is 7.21. The summed E-state index contributed by atoms with van der Waals surface area (Å²) in [4.78, 5) is 39.7. The van der Waals surface area contributed by atoms with Gasteiger partial charge >= 0.3 is 0 Å². The van der Waals surface area contributed by atoms with E-state index in [1.807, 2.05) is 0 Å². The molecule has 0 spiro atoms. The molecule has 3 heterocycles. The van der Waals surface area contributed by atoms with Crippen LogP contribution in [0.5, 0.6) is 5.75 Å². The summed E-state index contributed by atoms with van der Waals surface area (Å²) in [6, 6.07) is 7.86. The van der Waals surface area contributed by atoms with Gasteiger partial charge in [0.2, 0.25) is 0 Å². The number of nitrogens with two attached hydrogens (primary N) is 1. The lowest BCUT2D eigenvalue weighted by atomic mass is 10.0. The molecule has 38 heavy (non-hydrogen) atoms. The van der Waals surface area contributed by atoms with Crippen molar-refractivity contribution >= 4 is 56.3 Å². The van der Waals surface area contributed by atoms with Crippen LogP contribution in [0.15, 0.2) is 40.8 Å². The quantitative estimate of drug-likeness (QED) is 0.182. The van der Waals surface area contributed by atoms with E-state index >= 15 is 0 Å². The number of ether oxygens (including phenoxy) is 1. The van der Waals surface area contributed by atoms with Gasteiger partial charge in [0.05, 0.1) is 21.7 Å². The van der Waals surface area contributed by atoms with Crippen molar-refractivity contribution in [3.8, 4) is 5.75 Å². The monoisotopic (exact) mass is 562 g/mol. The Balaban J connectivity index is 1.40. The summed E-state index contributed by atoms with van der Waals surface area (Å²) in [5, 5.41) is 14.2. The van der Waals surface area contributed by atoms with Gasteiger partial charge in [-0.25, -0.2) is 13.8 Å². The highest BCUT2D eigenvalue weighted by molar-refractivity contribution is 7.21. The van der Waals surface area contributed by atoms with Gasteiger partial charge in [0.25, 0.3) is 23.9 Å². The van der Waals surface area contributed by atoms with E-state index in [0.717, 1.165) is 30.2 Å². The number of nitro benzene ring substituents is 1. The topological polar surface area (TPSA) is 151 Å². The molecule has 196 valence electrons. The number of rotatable bonds is 9. The summed E-state index contributed by atoms with van der Waals surface area (Å²) >= 11 is 6.86. The molecule has 1 fully saturated rings. The molecule has 1 aliphatic carbocycles. The number of furan rings is 1. The van der Waals surface area contributed by atoms with E-state index in [-0.39, 0.29) is 55.9 Å². The SMILES string of the molecule is NC(=O)c1sc2nc(C(F)F)cc(C3CC3)c2c1NC(=O)c1ccc(COc2cc([N+](=O)[O-])ccc2Cl)o1. The number of benzene rings is 1. The number of hydrogen-bond acceptors (Lipinski definition) is 8. The van der Waals surface area contributed by atoms with Crippen molar-refractivity contribution in [1.29, 1.82) is 0 Å². The lowest BCUT2D eigenvalue weighted by molar-refractivity contribution is -0.384. The molecule has 3 aromatic heterocycles. The predicted molar refractivity (Wildman–Crippen MR) is 134 cm³/mol. The van der Waals surface area contributed by atoms with E-state index in [0.29, 0.717) is 10.9 Å². The second-order valence-electron chi connectivity index (χ2n) is 8.44. The highest BCUT2D eigenvalue weighted by atomic mass is 35.5. The third-order valence-electron chi connectivity index (χ3n) is 5.80. The van der Waals surface area contributed by atoms with Gasteiger partial charge in [0, 0.05) is 11.5 Å². The molecule has 0 unspecified atom stereocenters. The number of non-ortho nitro benzene ring substituents is 1. The Bertz CT molecular complexity index is 1600. The van der Waals surface area contributed by atoms with Gasteiger partial charge in [-0.1, -0.05) is 11.6 Å². The zero-order valence-electron chi connectivity index (χ0n) is 19.2. The van der Waals surface area contributed by atoms with Gasteiger partial charge in [-0.05, 0) is 48.6 Å². The largest absolute Gasteiger partial charge is 0.484 e. The van der Waals surface area contributed by atoms with E-state index in [1.54, 1.807) is 0 Å². The minimum atomic E-state index is -2.80. The molecule has 1 aromatic carbocycles. The lowest BCUT2D eigenvalue weighted by Crippen LogP contribution is -2.16. The molecule has 0 aliphatic heterocycles. The third kappa shape index (κ3) is 5.02. The van der Waals surface area contributed by atoms with Crippen LogP contribution >= 0.6 is 22.9 Å². The maximum atomic E-state index is 13.4. The van der Waals surface area contributed by atoms with Crippen molar-refractivity contribution in [2.24, 2.45) is 5.73 Å². The Labute approximate surface area is 221 Å². The van der Waals surface area contributed by atoms with E-state index in [9.17, 15) is 28.5 Å². The first-order valence-electron chi connectivity index (χ1n) is 11.1. The van der Waals surface area contributed by atoms with Gasteiger partial charge < -0.3 is 20.2 Å². The molecular weight excluding hydrogens is 546 g/mol. The summed E-state index contributed by atoms with van der Waals surface area (Å²) in [7, 11) is 0. The van der Waals surface area contributed by atoms with E-state index in [2.05, 4.69) is 10.3 Å². The fraction of sp³-hybridized carbons (Fsp3) is 0.208. The fourth-order valence-corrected chi connectivity index (χ4v) is 5.08. The Morgan fingerprint density at radius 1 is 1.29 bits per heavy atom. The fourth-order valence-electron chi connectivity index (χ4n) is 3.89. The molecule has 0 atom stereocenters. The van der Waals surface area contributed by atoms with Gasteiger partial charge in [0.15, 0.2) is 5.76 Å². The number of primary amides is 1. The van der Waals surface area contributed by atoms with Gasteiger partial charge in [-0.2, -0.15) is 0 Å². The van der Waals surface area contributed by atoms with Crippen molar-refractivity contribution < 1.29 is 32.4 Å². The van der Waals surface area contributed by atoms with Crippen LogP contribution in [0.1, 0.15) is 62.4 Å². The van der Waals surface area contributed by atoms with Crippen molar-refractivity contribution in [2.45, 2.75) is 31.8 Å². The normalized spacial score (nSPS) is 13.2. The van der Waals surface area contributed by atoms with E-state index in [1.165, 1.54) is 30.3 Å². The lowest BCUT2D eigenvalue weighted by Gasteiger charge is -2.09. The Morgan fingerprint density at radius 2 is 2.05 bits per heavy atom. The molecule has 0 bridgehead atoms. The molecule has 5 rings (SSSR count). The molecule has 3 N–H and O–H groups in total. The molecule has 4 aromatic rings. The summed E-state index contributed by atoms with van der Waals surface area (Å²) in [6.07, 6.45) is -1.23. The Morgan fingerprint density at radius 3 is 2.71 bits per heavy atom. The molecule has 0 saturated heterocycles. The highest BCUT2D eigenvalue weighted by Crippen LogP contribution is 2.48. The number of hydrogen-bond donors (Lipinski definition) is 2. The van der Waals surface area contributed by atoms with Crippen molar-refractivity contribution in [1.82, 2.24) is 4.98 Å². The number of carbonyl (C=O) groups excluding carboxylic acids is 2. The smallest absolute Gasteiger partial charge is 0.291 e. The minimum absolute atomic E-state index is 0.0111. The Kier molecular flexibility index (Phi) is 6.71. The molecule has 2 amide bonds. The summed E-state index contributed by atoms with van der Waals surface area (Å²) in [5.41, 5.74) is 5.57. The average molecular weight is 563 g/mol. The van der Waals surface area contributed by atoms with Crippen LogP contribution in [0.3, 0.4) is 0 Å². The van der Waals surface area contributed by atoms with Gasteiger partial charge in [-0.15, -0.1) is 11.3 Å². The molecule has 10 nitrogen and oxygen atoms in total. The van der Waals surface area contributed by atoms with Gasteiger partial charge in [-0.3, -0.25) is 19.7 Å². The first kappa shape index (κ1) is 25.5. The number of carbonyl (C=O) groups is 2. The molecule has 1 saturated carbocycles.